The molecule has 0 radical (unpaired) electrons. The summed E-state index contributed by atoms with van der Waals surface area (Å²) in [5.74, 6) is 0.700. The van der Waals surface area contributed by atoms with Gasteiger partial charge in [0.25, 0.3) is 0 Å². The molecule has 0 amide bonds. The fraction of sp³-hybridized carbons (Fsp3) is 0.400. The van der Waals surface area contributed by atoms with Crippen molar-refractivity contribution < 1.29 is 9.50 Å². The lowest BCUT2D eigenvalue weighted by Gasteiger charge is -2.16. The molecule has 1 unspecified atom stereocenters. The van der Waals surface area contributed by atoms with E-state index in [9.17, 15) is 4.39 Å². The maximum Gasteiger partial charge on any atom is 0.123 e. The maximum atomic E-state index is 13.0. The van der Waals surface area contributed by atoms with Crippen LogP contribution in [0, 0.1) is 5.82 Å². The first kappa shape index (κ1) is 16.0. The molecule has 0 spiro atoms. The highest BCUT2D eigenvalue weighted by Crippen LogP contribution is 2.21. The topological polar surface area (TPSA) is 60.9 Å². The summed E-state index contributed by atoms with van der Waals surface area (Å²) < 4.78 is 13.0. The van der Waals surface area contributed by atoms with Crippen LogP contribution in [-0.4, -0.2) is 40.0 Å². The van der Waals surface area contributed by atoms with E-state index in [2.05, 4.69) is 15.5 Å². The van der Waals surface area contributed by atoms with Gasteiger partial charge in [-0.05, 0) is 36.9 Å². The lowest BCUT2D eigenvalue weighted by Crippen LogP contribution is -2.31. The van der Waals surface area contributed by atoms with Crippen LogP contribution in [0.1, 0.15) is 12.0 Å². The van der Waals surface area contributed by atoms with E-state index < -0.39 is 0 Å². The quantitative estimate of drug-likeness (QED) is 0.701. The van der Waals surface area contributed by atoms with E-state index in [1.807, 2.05) is 6.26 Å². The Labute approximate surface area is 128 Å². The Morgan fingerprint density at radius 3 is 2.81 bits per heavy atom. The summed E-state index contributed by atoms with van der Waals surface area (Å²) in [4.78, 5) is 0. The number of rotatable bonds is 8. The van der Waals surface area contributed by atoms with Crippen molar-refractivity contribution in [2.75, 3.05) is 18.6 Å². The molecule has 3 N–H and O–H groups in total. The van der Waals surface area contributed by atoms with Gasteiger partial charge in [-0.1, -0.05) is 0 Å². The molecular weight excluding hydrogens is 289 g/mol. The van der Waals surface area contributed by atoms with Gasteiger partial charge in [0.1, 0.15) is 5.82 Å². The largest absolute Gasteiger partial charge is 0.396 e. The molecule has 0 saturated carbocycles. The second-order valence-corrected chi connectivity index (χ2v) is 5.73. The standard InChI is InChI=1S/C15H20FN3OS/c1-21-10-14(6-7-20)17-8-12-9-18-19-15(12)11-2-4-13(16)5-3-11/h2-5,9,14,17,20H,6-8,10H2,1H3,(H,18,19). The first-order valence-electron chi connectivity index (χ1n) is 6.86. The van der Waals surface area contributed by atoms with Crippen molar-refractivity contribution in [3.8, 4) is 11.3 Å². The van der Waals surface area contributed by atoms with Crippen LogP contribution in [0.5, 0.6) is 0 Å². The Balaban J connectivity index is 2.04. The fourth-order valence-corrected chi connectivity index (χ4v) is 2.85. The third-order valence-corrected chi connectivity index (χ3v) is 4.01. The lowest BCUT2D eigenvalue weighted by atomic mass is 10.1. The van der Waals surface area contributed by atoms with Gasteiger partial charge in [-0.15, -0.1) is 0 Å². The monoisotopic (exact) mass is 309 g/mol. The summed E-state index contributed by atoms with van der Waals surface area (Å²) in [6, 6.07) is 6.62. The Hall–Kier alpha value is -1.37. The van der Waals surface area contributed by atoms with Crippen molar-refractivity contribution in [2.45, 2.75) is 19.0 Å². The summed E-state index contributed by atoms with van der Waals surface area (Å²) in [6.07, 6.45) is 4.55. The van der Waals surface area contributed by atoms with Gasteiger partial charge < -0.3 is 10.4 Å². The number of nitrogens with one attached hydrogen (secondary N) is 2. The molecule has 1 aromatic heterocycles. The number of aromatic amines is 1. The number of thioether (sulfide) groups is 1. The molecule has 1 heterocycles. The highest BCUT2D eigenvalue weighted by molar-refractivity contribution is 7.98. The molecule has 114 valence electrons. The summed E-state index contributed by atoms with van der Waals surface area (Å²) >= 11 is 1.75. The normalized spacial score (nSPS) is 12.5. The zero-order valence-corrected chi connectivity index (χ0v) is 12.8. The van der Waals surface area contributed by atoms with Crippen LogP contribution >= 0.6 is 11.8 Å². The second-order valence-electron chi connectivity index (χ2n) is 4.82. The first-order chi connectivity index (χ1) is 10.2. The minimum Gasteiger partial charge on any atom is -0.396 e. The number of aromatic nitrogens is 2. The highest BCUT2D eigenvalue weighted by atomic mass is 32.2. The number of aliphatic hydroxyl groups is 1. The summed E-state index contributed by atoms with van der Waals surface area (Å²) in [5.41, 5.74) is 2.84. The van der Waals surface area contributed by atoms with Gasteiger partial charge in [-0.25, -0.2) is 4.39 Å². The molecule has 4 nitrogen and oxygen atoms in total. The fourth-order valence-electron chi connectivity index (χ4n) is 2.17. The average Bonchev–Trinajstić information content (AvgIpc) is 2.94. The molecule has 0 fully saturated rings. The Bertz CT molecular complexity index is 538. The van der Waals surface area contributed by atoms with Crippen LogP contribution < -0.4 is 5.32 Å². The van der Waals surface area contributed by atoms with Crippen molar-refractivity contribution >= 4 is 11.8 Å². The Morgan fingerprint density at radius 1 is 1.38 bits per heavy atom. The average molecular weight is 309 g/mol. The SMILES string of the molecule is CSCC(CCO)NCc1cn[nH]c1-c1ccc(F)cc1. The molecule has 6 heteroatoms. The van der Waals surface area contributed by atoms with Crippen molar-refractivity contribution in [1.29, 1.82) is 0 Å². The smallest absolute Gasteiger partial charge is 0.123 e. The number of H-pyrrole nitrogens is 1. The summed E-state index contributed by atoms with van der Waals surface area (Å²) in [5, 5.41) is 19.5. The minimum absolute atomic E-state index is 0.175. The van der Waals surface area contributed by atoms with Gasteiger partial charge in [0, 0.05) is 36.1 Å². The minimum atomic E-state index is -0.249. The van der Waals surface area contributed by atoms with Crippen molar-refractivity contribution in [3.63, 3.8) is 0 Å². The van der Waals surface area contributed by atoms with Gasteiger partial charge in [0.15, 0.2) is 0 Å². The maximum absolute atomic E-state index is 13.0. The molecule has 0 saturated heterocycles. The van der Waals surface area contributed by atoms with Crippen LogP contribution in [0.25, 0.3) is 11.3 Å². The molecule has 1 atom stereocenters. The number of nitrogens with zero attached hydrogens (tertiary/aromatic N) is 1. The molecule has 0 bridgehead atoms. The zero-order chi connectivity index (χ0) is 15.1. The highest BCUT2D eigenvalue weighted by Gasteiger charge is 2.11. The molecule has 2 aromatic rings. The summed E-state index contributed by atoms with van der Waals surface area (Å²) in [6.45, 7) is 0.836. The number of benzene rings is 1. The van der Waals surface area contributed by atoms with E-state index in [-0.39, 0.29) is 18.5 Å². The van der Waals surface area contributed by atoms with Crippen LogP contribution in [-0.2, 0) is 6.54 Å². The van der Waals surface area contributed by atoms with E-state index in [0.29, 0.717) is 6.54 Å². The van der Waals surface area contributed by atoms with E-state index in [4.69, 9.17) is 5.11 Å². The molecule has 1 aromatic carbocycles. The third kappa shape index (κ3) is 4.56. The Kier molecular flexibility index (Phi) is 6.22. The molecule has 0 aliphatic carbocycles. The zero-order valence-electron chi connectivity index (χ0n) is 12.0. The molecular formula is C15H20FN3OS. The van der Waals surface area contributed by atoms with E-state index in [1.54, 1.807) is 30.1 Å². The second kappa shape index (κ2) is 8.17. The molecule has 21 heavy (non-hydrogen) atoms. The van der Waals surface area contributed by atoms with Crippen LogP contribution in [0.2, 0.25) is 0 Å². The van der Waals surface area contributed by atoms with Gasteiger partial charge in [0.2, 0.25) is 0 Å². The van der Waals surface area contributed by atoms with Gasteiger partial charge >= 0.3 is 0 Å². The van der Waals surface area contributed by atoms with Crippen molar-refractivity contribution in [3.05, 3.63) is 41.8 Å². The Morgan fingerprint density at radius 2 is 2.14 bits per heavy atom. The molecule has 0 aliphatic rings. The van der Waals surface area contributed by atoms with Gasteiger partial charge in [-0.2, -0.15) is 16.9 Å². The van der Waals surface area contributed by atoms with Crippen molar-refractivity contribution in [2.24, 2.45) is 0 Å². The first-order valence-corrected chi connectivity index (χ1v) is 8.25. The number of halogens is 1. The van der Waals surface area contributed by atoms with E-state index in [0.717, 1.165) is 29.0 Å². The number of hydrogen-bond acceptors (Lipinski definition) is 4. The summed E-state index contributed by atoms with van der Waals surface area (Å²) in [7, 11) is 0. The molecule has 0 aliphatic heterocycles. The predicted molar refractivity (Wildman–Crippen MR) is 84.7 cm³/mol. The van der Waals surface area contributed by atoms with Crippen molar-refractivity contribution in [1.82, 2.24) is 15.5 Å². The number of aliphatic hydroxyl groups excluding tert-OH is 1. The van der Waals surface area contributed by atoms with Crippen LogP contribution in [0.3, 0.4) is 0 Å². The third-order valence-electron chi connectivity index (χ3n) is 3.28. The lowest BCUT2D eigenvalue weighted by molar-refractivity contribution is 0.270. The van der Waals surface area contributed by atoms with Gasteiger partial charge in [-0.3, -0.25) is 5.10 Å². The van der Waals surface area contributed by atoms with Gasteiger partial charge in [0.05, 0.1) is 11.9 Å². The van der Waals surface area contributed by atoms with E-state index >= 15 is 0 Å². The van der Waals surface area contributed by atoms with E-state index in [1.165, 1.54) is 12.1 Å². The van der Waals surface area contributed by atoms with Crippen LogP contribution in [0.15, 0.2) is 30.5 Å². The van der Waals surface area contributed by atoms with Crippen LogP contribution in [0.4, 0.5) is 4.39 Å². The molecule has 2 rings (SSSR count). The predicted octanol–water partition coefficient (Wildman–Crippen LogP) is 2.42. The number of hydrogen-bond donors (Lipinski definition) is 3.